The van der Waals surface area contributed by atoms with Crippen molar-refractivity contribution in [1.29, 1.82) is 0 Å². The molecule has 3 aromatic carbocycles. The van der Waals surface area contributed by atoms with E-state index in [1.807, 2.05) is 43.3 Å². The number of nitrogens with zero attached hydrogens (tertiary/aromatic N) is 2. The van der Waals surface area contributed by atoms with Crippen molar-refractivity contribution >= 4 is 46.4 Å². The fourth-order valence-corrected chi connectivity index (χ4v) is 4.11. The van der Waals surface area contributed by atoms with Crippen molar-refractivity contribution in [3.8, 4) is 11.5 Å². The summed E-state index contributed by atoms with van der Waals surface area (Å²) >= 11 is 12.2. The lowest BCUT2D eigenvalue weighted by atomic mass is 9.92. The molecule has 0 saturated carbocycles. The average Bonchev–Trinajstić information content (AvgIpc) is 2.83. The van der Waals surface area contributed by atoms with E-state index in [1.54, 1.807) is 30.3 Å². The van der Waals surface area contributed by atoms with Crippen molar-refractivity contribution in [1.82, 2.24) is 10.4 Å². The lowest BCUT2D eigenvalue weighted by molar-refractivity contribution is -0.171. The molecule has 182 valence electrons. The number of carbonyl (C=O) groups excluding carboxylic acids is 2. The molecule has 1 aliphatic rings. The highest BCUT2D eigenvalue weighted by Crippen LogP contribution is 2.39. The van der Waals surface area contributed by atoms with Gasteiger partial charge < -0.3 is 20.1 Å². The Morgan fingerprint density at radius 2 is 1.74 bits per heavy atom. The van der Waals surface area contributed by atoms with E-state index in [0.29, 0.717) is 21.5 Å². The zero-order valence-electron chi connectivity index (χ0n) is 19.0. The van der Waals surface area contributed by atoms with Gasteiger partial charge in [0.25, 0.3) is 5.91 Å². The number of carbonyl (C=O) groups is 2. The fraction of sp³-hybridized carbons (Fsp3) is 0.200. The molecule has 0 spiro atoms. The SMILES string of the molecule is CN(C)c1ccc(C2C(Oc3ccc(Cl)cc3Cl)C(=O)N2NCC(=O)Nc2ccc(O)cc2)cc1. The van der Waals surface area contributed by atoms with E-state index in [1.165, 1.54) is 17.1 Å². The van der Waals surface area contributed by atoms with Gasteiger partial charge in [-0.1, -0.05) is 35.3 Å². The third-order valence-electron chi connectivity index (χ3n) is 5.51. The first kappa shape index (κ1) is 24.7. The number of phenolic OH excluding ortho intramolecular Hbond substituents is 1. The summed E-state index contributed by atoms with van der Waals surface area (Å²) in [6.45, 7) is -0.146. The Kier molecular flexibility index (Phi) is 7.35. The molecule has 1 heterocycles. The maximum atomic E-state index is 13.0. The summed E-state index contributed by atoms with van der Waals surface area (Å²) < 4.78 is 5.98. The molecule has 35 heavy (non-hydrogen) atoms. The third-order valence-corrected chi connectivity index (χ3v) is 6.04. The smallest absolute Gasteiger partial charge is 0.281 e. The molecule has 0 aromatic heterocycles. The van der Waals surface area contributed by atoms with Gasteiger partial charge in [-0.15, -0.1) is 0 Å². The van der Waals surface area contributed by atoms with Crippen LogP contribution in [-0.2, 0) is 9.59 Å². The summed E-state index contributed by atoms with van der Waals surface area (Å²) in [5.74, 6) is -0.248. The van der Waals surface area contributed by atoms with Crippen LogP contribution in [0.3, 0.4) is 0 Å². The van der Waals surface area contributed by atoms with Gasteiger partial charge >= 0.3 is 0 Å². The molecule has 2 unspecified atom stereocenters. The first-order valence-electron chi connectivity index (χ1n) is 10.8. The molecular weight excluding hydrogens is 491 g/mol. The topological polar surface area (TPSA) is 94.1 Å². The van der Waals surface area contributed by atoms with Crippen LogP contribution in [0.15, 0.2) is 66.7 Å². The zero-order valence-corrected chi connectivity index (χ0v) is 20.5. The largest absolute Gasteiger partial charge is 0.508 e. The van der Waals surface area contributed by atoms with Crippen molar-refractivity contribution in [3.63, 3.8) is 0 Å². The number of aromatic hydroxyl groups is 1. The van der Waals surface area contributed by atoms with Gasteiger partial charge in [-0.3, -0.25) is 14.6 Å². The highest BCUT2D eigenvalue weighted by molar-refractivity contribution is 6.35. The lowest BCUT2D eigenvalue weighted by Gasteiger charge is -2.46. The second kappa shape index (κ2) is 10.4. The summed E-state index contributed by atoms with van der Waals surface area (Å²) in [6.07, 6.45) is -0.841. The molecule has 1 aliphatic heterocycles. The highest BCUT2D eigenvalue weighted by Gasteiger charge is 2.51. The van der Waals surface area contributed by atoms with Crippen LogP contribution in [0.5, 0.6) is 11.5 Å². The quantitative estimate of drug-likeness (QED) is 0.307. The Hall–Kier alpha value is -3.46. The molecule has 4 rings (SSSR count). The minimum atomic E-state index is -0.841. The van der Waals surface area contributed by atoms with E-state index < -0.39 is 12.1 Å². The van der Waals surface area contributed by atoms with Crippen molar-refractivity contribution < 1.29 is 19.4 Å². The number of phenols is 1. The van der Waals surface area contributed by atoms with Crippen LogP contribution in [0.2, 0.25) is 10.0 Å². The van der Waals surface area contributed by atoms with Gasteiger partial charge in [0, 0.05) is 30.5 Å². The van der Waals surface area contributed by atoms with E-state index in [4.69, 9.17) is 27.9 Å². The molecule has 10 heteroatoms. The number of hydrazine groups is 1. The number of β-lactam (4-membered cyclic amide) rings is 1. The van der Waals surface area contributed by atoms with Gasteiger partial charge in [0.15, 0.2) is 0 Å². The van der Waals surface area contributed by atoms with Crippen molar-refractivity contribution in [3.05, 3.63) is 82.3 Å². The predicted molar refractivity (Wildman–Crippen MR) is 136 cm³/mol. The summed E-state index contributed by atoms with van der Waals surface area (Å²) in [7, 11) is 3.88. The first-order chi connectivity index (χ1) is 16.7. The van der Waals surface area contributed by atoms with Crippen LogP contribution in [0.4, 0.5) is 11.4 Å². The van der Waals surface area contributed by atoms with Crippen molar-refractivity contribution in [2.75, 3.05) is 30.9 Å². The second-order valence-corrected chi connectivity index (χ2v) is 9.03. The molecule has 0 bridgehead atoms. The Bertz CT molecular complexity index is 1220. The van der Waals surface area contributed by atoms with Gasteiger partial charge in [0.1, 0.15) is 17.5 Å². The normalized spacial score (nSPS) is 17.0. The van der Waals surface area contributed by atoms with Crippen LogP contribution >= 0.6 is 23.2 Å². The Labute approximate surface area is 213 Å². The monoisotopic (exact) mass is 514 g/mol. The first-order valence-corrected chi connectivity index (χ1v) is 11.5. The van der Waals surface area contributed by atoms with Crippen LogP contribution in [0, 0.1) is 0 Å². The van der Waals surface area contributed by atoms with Gasteiger partial charge in [0.2, 0.25) is 12.0 Å². The van der Waals surface area contributed by atoms with E-state index in [9.17, 15) is 14.7 Å². The summed E-state index contributed by atoms with van der Waals surface area (Å²) in [5.41, 5.74) is 5.27. The van der Waals surface area contributed by atoms with E-state index in [-0.39, 0.29) is 24.1 Å². The van der Waals surface area contributed by atoms with Gasteiger partial charge in [-0.05, 0) is 60.2 Å². The third kappa shape index (κ3) is 5.62. The molecule has 1 fully saturated rings. The molecule has 3 N–H and O–H groups in total. The number of hydrogen-bond acceptors (Lipinski definition) is 6. The van der Waals surface area contributed by atoms with Crippen molar-refractivity contribution in [2.24, 2.45) is 0 Å². The Balaban J connectivity index is 1.50. The van der Waals surface area contributed by atoms with Crippen molar-refractivity contribution in [2.45, 2.75) is 12.1 Å². The van der Waals surface area contributed by atoms with Gasteiger partial charge in [0.05, 0.1) is 11.6 Å². The zero-order chi connectivity index (χ0) is 25.1. The van der Waals surface area contributed by atoms with Gasteiger partial charge in [-0.2, -0.15) is 0 Å². The number of nitrogens with one attached hydrogen (secondary N) is 2. The number of amides is 2. The number of hydrogen-bond donors (Lipinski definition) is 3. The summed E-state index contributed by atoms with van der Waals surface area (Å²) in [6, 6.07) is 18.1. The summed E-state index contributed by atoms with van der Waals surface area (Å²) in [4.78, 5) is 27.4. The maximum Gasteiger partial charge on any atom is 0.281 e. The number of halogens is 2. The second-order valence-electron chi connectivity index (χ2n) is 8.18. The number of anilines is 2. The standard InChI is InChI=1S/C25H24Cl2N4O4/c1-30(2)18-8-3-15(4-9-18)23-24(35-21-12-5-16(26)13-20(21)27)25(34)31(23)28-14-22(33)29-17-6-10-19(32)11-7-17/h3-13,23-24,28,32H,14H2,1-2H3,(H,29,33). The molecular formula is C25H24Cl2N4O4. The number of ether oxygens (including phenoxy) is 1. The molecule has 2 amide bonds. The van der Waals surface area contributed by atoms with E-state index >= 15 is 0 Å². The minimum absolute atomic E-state index is 0.0993. The number of rotatable bonds is 8. The van der Waals surface area contributed by atoms with Gasteiger partial charge in [-0.25, -0.2) is 5.43 Å². The fourth-order valence-electron chi connectivity index (χ4n) is 3.66. The average molecular weight is 515 g/mol. The van der Waals surface area contributed by atoms with Crippen LogP contribution in [0.25, 0.3) is 0 Å². The van der Waals surface area contributed by atoms with E-state index in [0.717, 1.165) is 11.3 Å². The Morgan fingerprint density at radius 1 is 1.06 bits per heavy atom. The molecule has 3 aromatic rings. The number of benzene rings is 3. The van der Waals surface area contributed by atoms with Crippen LogP contribution in [0.1, 0.15) is 11.6 Å². The lowest BCUT2D eigenvalue weighted by Crippen LogP contribution is -2.66. The Morgan fingerprint density at radius 3 is 2.37 bits per heavy atom. The molecule has 0 aliphatic carbocycles. The molecule has 0 radical (unpaired) electrons. The molecule has 2 atom stereocenters. The molecule has 1 saturated heterocycles. The summed E-state index contributed by atoms with van der Waals surface area (Å²) in [5, 5.41) is 14.2. The minimum Gasteiger partial charge on any atom is -0.508 e. The van der Waals surface area contributed by atoms with Crippen LogP contribution in [-0.4, -0.2) is 48.7 Å². The molecule has 8 nitrogen and oxygen atoms in total. The van der Waals surface area contributed by atoms with E-state index in [2.05, 4.69) is 10.7 Å². The maximum absolute atomic E-state index is 13.0. The van der Waals surface area contributed by atoms with Crippen LogP contribution < -0.4 is 20.4 Å². The highest BCUT2D eigenvalue weighted by atomic mass is 35.5. The predicted octanol–water partition coefficient (Wildman–Crippen LogP) is 4.24.